The molecule has 2 saturated carbocycles. The van der Waals surface area contributed by atoms with E-state index in [-0.39, 0.29) is 17.3 Å². The van der Waals surface area contributed by atoms with Gasteiger partial charge < -0.3 is 9.84 Å². The van der Waals surface area contributed by atoms with Crippen LogP contribution < -0.4 is 0 Å². The number of fused-ring (bicyclic) bond motifs is 4. The summed E-state index contributed by atoms with van der Waals surface area (Å²) in [5.74, 6) is 0.149. The molecule has 3 aliphatic carbocycles. The maximum Gasteiger partial charge on any atom is 0.310 e. The fourth-order valence-corrected chi connectivity index (χ4v) is 8.15. The molecule has 10 heteroatoms. The zero-order valence-electron chi connectivity index (χ0n) is 28.0. The van der Waals surface area contributed by atoms with E-state index in [1.165, 1.54) is 6.42 Å². The zero-order chi connectivity index (χ0) is 33.9. The lowest BCUT2D eigenvalue weighted by atomic mass is 9.58. The number of halogens is 5. The molecule has 3 nitrogen and oxygen atoms in total. The van der Waals surface area contributed by atoms with Gasteiger partial charge in [-0.1, -0.05) is 92.9 Å². The molecule has 4 aliphatic rings. The Hall–Kier alpha value is -1.36. The van der Waals surface area contributed by atoms with E-state index in [9.17, 15) is 24.5 Å². The summed E-state index contributed by atoms with van der Waals surface area (Å²) in [6, 6.07) is 3.17. The highest BCUT2D eigenvalue weighted by atomic mass is 32.5. The van der Waals surface area contributed by atoms with Gasteiger partial charge in [0.1, 0.15) is 11.0 Å². The van der Waals surface area contributed by atoms with E-state index < -0.39 is 32.9 Å². The molecular formula is C35H52F5NO2S2. The first-order chi connectivity index (χ1) is 20.6. The molecule has 2 spiro atoms. The van der Waals surface area contributed by atoms with Gasteiger partial charge in [0, 0.05) is 22.5 Å². The molecule has 0 bridgehead atoms. The Kier molecular flexibility index (Phi) is 9.45. The molecule has 0 amide bonds. The topological polar surface area (TPSA) is 42.4 Å². The van der Waals surface area contributed by atoms with E-state index in [2.05, 4.69) is 47.2 Å². The average molecular weight is 678 g/mol. The second-order valence-electron chi connectivity index (χ2n) is 15.2. The van der Waals surface area contributed by atoms with Crippen molar-refractivity contribution in [3.8, 4) is 0 Å². The van der Waals surface area contributed by atoms with Crippen LogP contribution in [0.4, 0.5) is 19.4 Å². The Morgan fingerprint density at radius 1 is 1.00 bits per heavy atom. The van der Waals surface area contributed by atoms with Gasteiger partial charge in [-0.25, -0.2) is 0 Å². The van der Waals surface area contributed by atoms with Gasteiger partial charge >= 0.3 is 10.2 Å². The van der Waals surface area contributed by atoms with Crippen molar-refractivity contribution in [2.75, 3.05) is 6.26 Å². The lowest BCUT2D eigenvalue weighted by molar-refractivity contribution is -0.0846. The number of thiol groups is 1. The molecule has 2 fully saturated rings. The number of nitrogens with zero attached hydrogens (tertiary/aromatic N) is 1. The van der Waals surface area contributed by atoms with Gasteiger partial charge in [0.2, 0.25) is 0 Å². The van der Waals surface area contributed by atoms with Gasteiger partial charge in [0.05, 0.1) is 11.7 Å². The van der Waals surface area contributed by atoms with Crippen molar-refractivity contribution in [1.82, 2.24) is 4.98 Å². The van der Waals surface area contributed by atoms with Crippen molar-refractivity contribution >= 4 is 22.9 Å². The van der Waals surface area contributed by atoms with Gasteiger partial charge in [-0.05, 0) is 97.1 Å². The molecule has 0 radical (unpaired) electrons. The first-order valence-corrected chi connectivity index (χ1v) is 19.2. The summed E-state index contributed by atoms with van der Waals surface area (Å²) in [5, 5.41) is 11.5. The molecule has 1 aromatic carbocycles. The Bertz CT molecular complexity index is 1390. The summed E-state index contributed by atoms with van der Waals surface area (Å²) in [4.78, 5) is 3.21. The second kappa shape index (κ2) is 11.7. The van der Waals surface area contributed by atoms with Gasteiger partial charge in [0.15, 0.2) is 0 Å². The quantitative estimate of drug-likeness (QED) is 0.251. The maximum absolute atomic E-state index is 13.4. The van der Waals surface area contributed by atoms with Crippen LogP contribution in [0.3, 0.4) is 0 Å². The summed E-state index contributed by atoms with van der Waals surface area (Å²) in [6.07, 6.45) is 9.00. The van der Waals surface area contributed by atoms with Crippen LogP contribution >= 0.6 is 22.9 Å². The van der Waals surface area contributed by atoms with E-state index in [0.29, 0.717) is 29.5 Å². The van der Waals surface area contributed by atoms with E-state index in [4.69, 9.17) is 9.72 Å². The number of aliphatic hydroxyl groups excluding tert-OH is 1. The van der Waals surface area contributed by atoms with Gasteiger partial charge in [-0.15, -0.1) is 0 Å². The Morgan fingerprint density at radius 3 is 2.00 bits per heavy atom. The molecule has 1 N–H and O–H groups in total. The van der Waals surface area contributed by atoms with Crippen molar-refractivity contribution in [2.24, 2.45) is 16.7 Å². The number of rotatable bonds is 3. The molecule has 256 valence electrons. The minimum atomic E-state index is -9.78. The van der Waals surface area contributed by atoms with E-state index in [0.717, 1.165) is 85.2 Å². The molecular weight excluding hydrogens is 626 g/mol. The SMILES string of the molecule is CC(C)c1nc2c(c3c1C(c1ccc(S(F)(F)(F)(F)F)cc1)OC31CCCC1C)C(O)CC1(CCC1)C2.CCC(C)(C)C.CS. The van der Waals surface area contributed by atoms with E-state index in [1.807, 2.05) is 13.8 Å². The number of ether oxygens (including phenoxy) is 1. The predicted octanol–water partition coefficient (Wildman–Crippen LogP) is 12.1. The van der Waals surface area contributed by atoms with Crippen molar-refractivity contribution < 1.29 is 29.3 Å². The van der Waals surface area contributed by atoms with Gasteiger partial charge in [0.25, 0.3) is 0 Å². The molecule has 4 atom stereocenters. The largest absolute Gasteiger partial charge is 0.388 e. The van der Waals surface area contributed by atoms with Gasteiger partial charge in [-0.3, -0.25) is 4.98 Å². The number of benzene rings is 1. The van der Waals surface area contributed by atoms with Crippen LogP contribution in [0.2, 0.25) is 0 Å². The predicted molar refractivity (Wildman–Crippen MR) is 178 cm³/mol. The van der Waals surface area contributed by atoms with Crippen molar-refractivity contribution in [3.05, 3.63) is 57.9 Å². The number of pyridine rings is 1. The number of hydrogen-bond donors (Lipinski definition) is 2. The van der Waals surface area contributed by atoms with Crippen LogP contribution in [0.25, 0.3) is 0 Å². The van der Waals surface area contributed by atoms with Crippen LogP contribution in [0.5, 0.6) is 0 Å². The summed E-state index contributed by atoms with van der Waals surface area (Å²) in [7, 11) is -9.78. The fourth-order valence-electron chi connectivity index (χ4n) is 7.50. The third-order valence-corrected chi connectivity index (χ3v) is 11.7. The van der Waals surface area contributed by atoms with Crippen molar-refractivity contribution in [3.63, 3.8) is 0 Å². The van der Waals surface area contributed by atoms with Gasteiger partial charge in [-0.2, -0.15) is 12.6 Å². The number of aliphatic hydroxyl groups is 1. The minimum absolute atomic E-state index is 0.0115. The molecule has 0 saturated heterocycles. The lowest BCUT2D eigenvalue weighted by Gasteiger charge is -2.48. The standard InChI is InChI=1S/C28H34F5NO2S.C6H14.CH4S/c1-16(2)25-23-24(22-20(34-25)14-27(11-5-12-27)15-21(22)35)28(13-4-6-17(28)3)36-26(23)18-7-9-19(10-8-18)37(29,30,31,32)33;1-5-6(2,3)4;1-2/h7-10,16-17,21,26,35H,4-6,11-15H2,1-3H3;5H2,1-4H3;2H,1H3. The Balaban J connectivity index is 0.000000519. The first-order valence-electron chi connectivity index (χ1n) is 16.3. The normalized spacial score (nSPS) is 28.2. The van der Waals surface area contributed by atoms with Crippen LogP contribution in [0.15, 0.2) is 29.2 Å². The third-order valence-electron chi connectivity index (χ3n) is 10.5. The highest BCUT2D eigenvalue weighted by Crippen LogP contribution is 3.02. The molecule has 6 rings (SSSR count). The summed E-state index contributed by atoms with van der Waals surface area (Å²) in [5.41, 5.74) is 4.73. The molecule has 45 heavy (non-hydrogen) atoms. The van der Waals surface area contributed by atoms with E-state index >= 15 is 0 Å². The van der Waals surface area contributed by atoms with Crippen molar-refractivity contribution in [2.45, 2.75) is 135 Å². The van der Waals surface area contributed by atoms with Crippen LogP contribution in [0, 0.1) is 16.7 Å². The Labute approximate surface area is 272 Å². The van der Waals surface area contributed by atoms with Crippen molar-refractivity contribution in [1.29, 1.82) is 0 Å². The number of aromatic nitrogens is 1. The Morgan fingerprint density at radius 2 is 1.58 bits per heavy atom. The van der Waals surface area contributed by atoms with Crippen LogP contribution in [-0.4, -0.2) is 16.3 Å². The molecule has 2 aromatic rings. The monoisotopic (exact) mass is 677 g/mol. The highest BCUT2D eigenvalue weighted by molar-refractivity contribution is 8.45. The maximum atomic E-state index is 13.4. The summed E-state index contributed by atoms with van der Waals surface area (Å²) in [6.45, 7) is 15.1. The first kappa shape index (κ1) is 36.5. The number of hydrogen-bond acceptors (Lipinski definition) is 4. The molecule has 1 aromatic heterocycles. The molecule has 1 aliphatic heterocycles. The summed E-state index contributed by atoms with van der Waals surface area (Å²) < 4.78 is 73.9. The highest BCUT2D eigenvalue weighted by Gasteiger charge is 2.65. The molecule has 2 heterocycles. The minimum Gasteiger partial charge on any atom is -0.388 e. The lowest BCUT2D eigenvalue weighted by Crippen LogP contribution is -2.40. The zero-order valence-corrected chi connectivity index (χ0v) is 29.7. The average Bonchev–Trinajstić information content (AvgIpc) is 3.47. The van der Waals surface area contributed by atoms with Crippen LogP contribution in [-0.2, 0) is 16.8 Å². The second-order valence-corrected chi connectivity index (χ2v) is 17.6. The third kappa shape index (κ3) is 7.09. The van der Waals surface area contributed by atoms with Crippen LogP contribution in [0.1, 0.15) is 152 Å². The summed E-state index contributed by atoms with van der Waals surface area (Å²) >= 11 is 3.53. The van der Waals surface area contributed by atoms with E-state index in [1.54, 1.807) is 6.26 Å². The molecule has 4 unspecified atom stereocenters. The fraction of sp³-hybridized carbons (Fsp3) is 0.686. The smallest absolute Gasteiger partial charge is 0.310 e.